The van der Waals surface area contributed by atoms with E-state index in [0.29, 0.717) is 28.6 Å². The molecule has 0 atom stereocenters. The first kappa shape index (κ1) is 22.7. The highest BCUT2D eigenvalue weighted by atomic mass is 16.5. The Morgan fingerprint density at radius 1 is 1.00 bits per heavy atom. The van der Waals surface area contributed by atoms with Crippen molar-refractivity contribution in [1.29, 1.82) is 5.26 Å². The minimum atomic E-state index is -0.461. The van der Waals surface area contributed by atoms with Crippen molar-refractivity contribution in [3.05, 3.63) is 77.6 Å². The number of nitrogens with zero attached hydrogens (tertiary/aromatic N) is 3. The van der Waals surface area contributed by atoms with E-state index in [2.05, 4.69) is 16.9 Å². The normalized spacial score (nSPS) is 17.8. The van der Waals surface area contributed by atoms with E-state index in [1.807, 2.05) is 30.6 Å². The molecule has 168 valence electrons. The number of hydrogen-bond acceptors (Lipinski definition) is 5. The zero-order valence-electron chi connectivity index (χ0n) is 19.0. The molecule has 0 radical (unpaired) electrons. The quantitative estimate of drug-likeness (QED) is 0.302. The zero-order valence-corrected chi connectivity index (χ0v) is 19.0. The maximum Gasteiger partial charge on any atom is 0.343 e. The number of rotatable bonds is 7. The van der Waals surface area contributed by atoms with Crippen LogP contribution in [0.2, 0.25) is 0 Å². The van der Waals surface area contributed by atoms with Crippen molar-refractivity contribution < 1.29 is 9.53 Å². The molecule has 1 saturated carbocycles. The Morgan fingerprint density at radius 3 is 2.27 bits per heavy atom. The van der Waals surface area contributed by atoms with Crippen LogP contribution in [0, 0.1) is 17.2 Å². The Hall–Kier alpha value is -3.52. The van der Waals surface area contributed by atoms with Crippen LogP contribution < -0.4 is 4.74 Å². The average molecular weight is 440 g/mol. The molecule has 0 unspecified atom stereocenters. The highest BCUT2D eigenvalue weighted by Crippen LogP contribution is 2.37. The monoisotopic (exact) mass is 439 g/mol. The van der Waals surface area contributed by atoms with Crippen LogP contribution in [0.5, 0.6) is 5.75 Å². The summed E-state index contributed by atoms with van der Waals surface area (Å²) in [4.78, 5) is 21.5. The second-order valence-corrected chi connectivity index (χ2v) is 8.80. The van der Waals surface area contributed by atoms with Crippen molar-refractivity contribution in [2.45, 2.75) is 57.8 Å². The molecular weight excluding hydrogens is 410 g/mol. The molecule has 1 aliphatic carbocycles. The van der Waals surface area contributed by atoms with Gasteiger partial charge in [0, 0.05) is 18.0 Å². The van der Waals surface area contributed by atoms with E-state index < -0.39 is 5.97 Å². The third-order valence-corrected chi connectivity index (χ3v) is 6.53. The fraction of sp³-hybridized carbons (Fsp3) is 0.357. The van der Waals surface area contributed by atoms with Gasteiger partial charge in [0.25, 0.3) is 0 Å². The minimum Gasteiger partial charge on any atom is -0.423 e. The van der Waals surface area contributed by atoms with Gasteiger partial charge in [-0.15, -0.1) is 0 Å². The first-order chi connectivity index (χ1) is 16.2. The topological polar surface area (TPSA) is 75.9 Å². The molecular formula is C28H29N3O2. The van der Waals surface area contributed by atoms with E-state index in [4.69, 9.17) is 10.00 Å². The van der Waals surface area contributed by atoms with Gasteiger partial charge in [-0.2, -0.15) is 5.26 Å². The number of aromatic nitrogens is 2. The van der Waals surface area contributed by atoms with Crippen molar-refractivity contribution in [1.82, 2.24) is 9.97 Å². The number of carbonyl (C=O) groups excluding carboxylic acids is 1. The predicted octanol–water partition coefficient (Wildman–Crippen LogP) is 6.70. The first-order valence-corrected chi connectivity index (χ1v) is 11.8. The Bertz CT molecular complexity index is 1090. The van der Waals surface area contributed by atoms with Crippen LogP contribution in [0.3, 0.4) is 0 Å². The number of esters is 1. The van der Waals surface area contributed by atoms with E-state index in [1.165, 1.54) is 50.5 Å². The van der Waals surface area contributed by atoms with Crippen LogP contribution in [0.25, 0.3) is 11.4 Å². The lowest BCUT2D eigenvalue weighted by Crippen LogP contribution is -2.13. The SMILES string of the molecule is CCCCC1CCC(c2cnc(-c3ccc(OC(=O)c4ccc(C#N)cc4)cc3)nc2)CC1. The van der Waals surface area contributed by atoms with Gasteiger partial charge < -0.3 is 4.74 Å². The third-order valence-electron chi connectivity index (χ3n) is 6.53. The van der Waals surface area contributed by atoms with Crippen LogP contribution in [-0.2, 0) is 0 Å². The molecule has 1 aromatic heterocycles. The molecule has 5 heteroatoms. The molecule has 0 saturated heterocycles. The van der Waals surface area contributed by atoms with E-state index >= 15 is 0 Å². The van der Waals surface area contributed by atoms with Crippen molar-refractivity contribution in [2.24, 2.45) is 5.92 Å². The minimum absolute atomic E-state index is 0.399. The van der Waals surface area contributed by atoms with Crippen molar-refractivity contribution in [3.63, 3.8) is 0 Å². The van der Waals surface area contributed by atoms with Gasteiger partial charge >= 0.3 is 5.97 Å². The molecule has 4 rings (SSSR count). The van der Waals surface area contributed by atoms with Crippen LogP contribution in [-0.4, -0.2) is 15.9 Å². The lowest BCUT2D eigenvalue weighted by molar-refractivity contribution is 0.0735. The lowest BCUT2D eigenvalue weighted by atomic mass is 9.78. The Morgan fingerprint density at radius 2 is 1.67 bits per heavy atom. The number of nitriles is 1. The summed E-state index contributed by atoms with van der Waals surface area (Å²) in [5.41, 5.74) is 3.02. The molecule has 0 aliphatic heterocycles. The van der Waals surface area contributed by atoms with Crippen LogP contribution in [0.4, 0.5) is 0 Å². The van der Waals surface area contributed by atoms with Crippen molar-refractivity contribution in [3.8, 4) is 23.2 Å². The van der Waals surface area contributed by atoms with Crippen LogP contribution >= 0.6 is 0 Å². The lowest BCUT2D eigenvalue weighted by Gasteiger charge is -2.28. The maximum absolute atomic E-state index is 12.3. The van der Waals surface area contributed by atoms with E-state index in [-0.39, 0.29) is 0 Å². The summed E-state index contributed by atoms with van der Waals surface area (Å²) in [6.45, 7) is 2.27. The highest BCUT2D eigenvalue weighted by Gasteiger charge is 2.22. The molecule has 3 aromatic rings. The molecule has 0 spiro atoms. The molecule has 0 bridgehead atoms. The van der Waals surface area contributed by atoms with Gasteiger partial charge in [0.1, 0.15) is 5.75 Å². The number of ether oxygens (including phenoxy) is 1. The van der Waals surface area contributed by atoms with Crippen molar-refractivity contribution >= 4 is 5.97 Å². The number of unbranched alkanes of at least 4 members (excludes halogenated alkanes) is 1. The summed E-state index contributed by atoms with van der Waals surface area (Å²) in [5, 5.41) is 8.86. The molecule has 1 aliphatic rings. The fourth-order valence-corrected chi connectivity index (χ4v) is 4.49. The standard InChI is InChI=1S/C28H29N3O2/c1-2-3-4-20-5-9-22(10-6-20)25-18-30-27(31-19-25)23-13-15-26(16-14-23)33-28(32)24-11-7-21(17-29)8-12-24/h7-8,11-16,18-20,22H,2-6,9-10H2,1H3. The summed E-state index contributed by atoms with van der Waals surface area (Å²) in [6, 6.07) is 15.6. The number of hydrogen-bond donors (Lipinski definition) is 0. The Balaban J connectivity index is 1.34. The van der Waals surface area contributed by atoms with E-state index in [9.17, 15) is 4.79 Å². The average Bonchev–Trinajstić information content (AvgIpc) is 2.88. The molecule has 1 heterocycles. The summed E-state index contributed by atoms with van der Waals surface area (Å²) in [5.74, 6) is 2.12. The van der Waals surface area contributed by atoms with Crippen LogP contribution in [0.1, 0.15) is 79.3 Å². The first-order valence-electron chi connectivity index (χ1n) is 11.8. The molecule has 0 amide bonds. The van der Waals surface area contributed by atoms with Gasteiger partial charge in [0.05, 0.1) is 17.2 Å². The summed E-state index contributed by atoms with van der Waals surface area (Å²) in [7, 11) is 0. The second-order valence-electron chi connectivity index (χ2n) is 8.80. The van der Waals surface area contributed by atoms with E-state index in [0.717, 1.165) is 11.5 Å². The smallest absolute Gasteiger partial charge is 0.343 e. The van der Waals surface area contributed by atoms with E-state index in [1.54, 1.807) is 36.4 Å². The molecule has 1 fully saturated rings. The third kappa shape index (κ3) is 5.84. The molecule has 2 aromatic carbocycles. The molecule has 33 heavy (non-hydrogen) atoms. The Labute approximate surface area is 195 Å². The molecule has 0 N–H and O–H groups in total. The number of benzene rings is 2. The molecule has 5 nitrogen and oxygen atoms in total. The summed E-state index contributed by atoms with van der Waals surface area (Å²) in [6.07, 6.45) is 13.0. The van der Waals surface area contributed by atoms with Gasteiger partial charge in [0.2, 0.25) is 0 Å². The van der Waals surface area contributed by atoms with Gasteiger partial charge in [-0.25, -0.2) is 14.8 Å². The second kappa shape index (κ2) is 10.9. The van der Waals surface area contributed by atoms with Crippen LogP contribution in [0.15, 0.2) is 60.9 Å². The predicted molar refractivity (Wildman–Crippen MR) is 128 cm³/mol. The summed E-state index contributed by atoms with van der Waals surface area (Å²) < 4.78 is 5.43. The van der Waals surface area contributed by atoms with Crippen molar-refractivity contribution in [2.75, 3.05) is 0 Å². The maximum atomic E-state index is 12.3. The zero-order chi connectivity index (χ0) is 23.0. The Kier molecular flexibility index (Phi) is 7.47. The fourth-order valence-electron chi connectivity index (χ4n) is 4.49. The highest BCUT2D eigenvalue weighted by molar-refractivity contribution is 5.91. The van der Waals surface area contributed by atoms with Gasteiger partial charge in [0.15, 0.2) is 5.82 Å². The number of carbonyl (C=O) groups is 1. The van der Waals surface area contributed by atoms with Gasteiger partial charge in [-0.05, 0) is 91.6 Å². The summed E-state index contributed by atoms with van der Waals surface area (Å²) >= 11 is 0. The van der Waals surface area contributed by atoms with Gasteiger partial charge in [-0.3, -0.25) is 0 Å². The van der Waals surface area contributed by atoms with Gasteiger partial charge in [-0.1, -0.05) is 26.2 Å². The largest absolute Gasteiger partial charge is 0.423 e.